The Morgan fingerprint density at radius 1 is 1.44 bits per heavy atom. The van der Waals surface area contributed by atoms with E-state index in [0.29, 0.717) is 11.3 Å². The van der Waals surface area contributed by atoms with Gasteiger partial charge in [-0.15, -0.1) is 0 Å². The lowest BCUT2D eigenvalue weighted by molar-refractivity contribution is 0.0699. The van der Waals surface area contributed by atoms with Gasteiger partial charge in [0.15, 0.2) is 5.82 Å². The van der Waals surface area contributed by atoms with Gasteiger partial charge in [-0.3, -0.25) is 5.10 Å². The van der Waals surface area contributed by atoms with Crippen LogP contribution in [0.5, 0.6) is 0 Å². The summed E-state index contributed by atoms with van der Waals surface area (Å²) in [4.78, 5) is 11.0. The average Bonchev–Trinajstić information content (AvgIpc) is 2.61. The third-order valence-corrected chi connectivity index (χ3v) is 2.84. The van der Waals surface area contributed by atoms with E-state index in [2.05, 4.69) is 26.1 Å². The van der Waals surface area contributed by atoms with Gasteiger partial charge in [0.1, 0.15) is 5.56 Å². The molecule has 0 radical (unpaired) electrons. The van der Waals surface area contributed by atoms with Crippen molar-refractivity contribution in [3.8, 4) is 11.3 Å². The molecule has 0 aliphatic heterocycles. The number of nitrogens with zero attached hydrogens (tertiary/aromatic N) is 1. The predicted molar refractivity (Wildman–Crippen MR) is 63.1 cm³/mol. The highest BCUT2D eigenvalue weighted by Gasteiger charge is 2.20. The first-order valence-corrected chi connectivity index (χ1v) is 5.22. The summed E-state index contributed by atoms with van der Waals surface area (Å²) in [5, 5.41) is 15.4. The first kappa shape index (κ1) is 10.7. The van der Waals surface area contributed by atoms with E-state index in [9.17, 15) is 4.79 Å². The Balaban J connectivity index is 2.66. The number of carbonyl (C=O) groups is 1. The van der Waals surface area contributed by atoms with E-state index in [4.69, 9.17) is 10.8 Å². The minimum absolute atomic E-state index is 0.00750. The molecule has 6 heteroatoms. The normalized spacial score (nSPS) is 10.3. The Morgan fingerprint density at radius 2 is 2.12 bits per heavy atom. The summed E-state index contributed by atoms with van der Waals surface area (Å²) in [6.07, 6.45) is 0. The lowest BCUT2D eigenvalue weighted by Gasteiger charge is -2.02. The summed E-state index contributed by atoms with van der Waals surface area (Å²) in [5.41, 5.74) is 6.60. The van der Waals surface area contributed by atoms with Gasteiger partial charge in [0.25, 0.3) is 0 Å². The first-order valence-electron chi connectivity index (χ1n) is 4.43. The van der Waals surface area contributed by atoms with Gasteiger partial charge in [-0.2, -0.15) is 5.10 Å². The van der Waals surface area contributed by atoms with Crippen LogP contribution in [0.25, 0.3) is 11.3 Å². The van der Waals surface area contributed by atoms with Crippen LogP contribution in [0.2, 0.25) is 0 Å². The molecule has 0 bridgehead atoms. The van der Waals surface area contributed by atoms with E-state index in [-0.39, 0.29) is 11.4 Å². The molecule has 82 valence electrons. The largest absolute Gasteiger partial charge is 0.477 e. The van der Waals surface area contributed by atoms with Crippen LogP contribution >= 0.6 is 15.9 Å². The summed E-state index contributed by atoms with van der Waals surface area (Å²) < 4.78 is 0.779. The number of nitrogen functional groups attached to an aromatic ring is 1. The number of aromatic carboxylic acids is 1. The van der Waals surface area contributed by atoms with Crippen molar-refractivity contribution in [3.05, 3.63) is 34.3 Å². The number of hydrogen-bond acceptors (Lipinski definition) is 3. The minimum Gasteiger partial charge on any atom is -0.477 e. The number of carboxylic acids is 1. The van der Waals surface area contributed by atoms with Crippen molar-refractivity contribution in [3.63, 3.8) is 0 Å². The number of halogens is 1. The molecule has 0 amide bonds. The quantitative estimate of drug-likeness (QED) is 0.786. The molecule has 0 saturated carbocycles. The van der Waals surface area contributed by atoms with Crippen molar-refractivity contribution in [1.82, 2.24) is 10.2 Å². The fraction of sp³-hybridized carbons (Fsp3) is 0. The summed E-state index contributed by atoms with van der Waals surface area (Å²) >= 11 is 3.34. The van der Waals surface area contributed by atoms with E-state index in [1.807, 2.05) is 18.2 Å². The minimum atomic E-state index is -1.10. The van der Waals surface area contributed by atoms with Crippen LogP contribution in [-0.4, -0.2) is 21.3 Å². The maximum Gasteiger partial charge on any atom is 0.341 e. The molecule has 2 aromatic rings. The number of nitrogens with one attached hydrogen (secondary N) is 1. The van der Waals surface area contributed by atoms with Crippen molar-refractivity contribution in [2.24, 2.45) is 0 Å². The zero-order valence-corrected chi connectivity index (χ0v) is 9.65. The SMILES string of the molecule is Nc1n[nH]c(-c2ccccc2Br)c1C(=O)O. The standard InChI is InChI=1S/C10H8BrN3O2/c11-6-4-2-1-3-5(6)8-7(10(15)16)9(12)14-13-8/h1-4H,(H,15,16)(H3,12,13,14). The van der Waals surface area contributed by atoms with E-state index < -0.39 is 5.97 Å². The fourth-order valence-electron chi connectivity index (χ4n) is 1.43. The topological polar surface area (TPSA) is 92.0 Å². The average molecular weight is 282 g/mol. The maximum atomic E-state index is 11.0. The monoisotopic (exact) mass is 281 g/mol. The summed E-state index contributed by atoms with van der Waals surface area (Å²) in [5.74, 6) is -1.12. The Kier molecular flexibility index (Phi) is 2.66. The van der Waals surface area contributed by atoms with Gasteiger partial charge in [-0.25, -0.2) is 4.79 Å². The molecule has 0 saturated heterocycles. The maximum absolute atomic E-state index is 11.0. The molecule has 5 nitrogen and oxygen atoms in total. The van der Waals surface area contributed by atoms with Gasteiger partial charge in [0.2, 0.25) is 0 Å². The van der Waals surface area contributed by atoms with Crippen LogP contribution in [0.1, 0.15) is 10.4 Å². The lowest BCUT2D eigenvalue weighted by atomic mass is 10.1. The fourth-order valence-corrected chi connectivity index (χ4v) is 1.91. The number of nitrogens with two attached hydrogens (primary N) is 1. The molecular formula is C10H8BrN3O2. The summed E-state index contributed by atoms with van der Waals surface area (Å²) in [7, 11) is 0. The molecule has 1 aromatic heterocycles. The van der Waals surface area contributed by atoms with Crippen molar-refractivity contribution >= 4 is 27.7 Å². The second-order valence-electron chi connectivity index (χ2n) is 3.14. The van der Waals surface area contributed by atoms with Crippen LogP contribution in [0.3, 0.4) is 0 Å². The molecule has 0 aliphatic carbocycles. The van der Waals surface area contributed by atoms with Crippen LogP contribution in [0.4, 0.5) is 5.82 Å². The van der Waals surface area contributed by atoms with Gasteiger partial charge in [-0.1, -0.05) is 34.1 Å². The van der Waals surface area contributed by atoms with Gasteiger partial charge in [0, 0.05) is 10.0 Å². The van der Waals surface area contributed by atoms with Crippen LogP contribution in [0.15, 0.2) is 28.7 Å². The Bertz CT molecular complexity index is 551. The predicted octanol–water partition coefficient (Wildman–Crippen LogP) is 2.12. The number of aromatic nitrogens is 2. The van der Waals surface area contributed by atoms with Gasteiger partial charge in [0.05, 0.1) is 5.69 Å². The zero-order valence-electron chi connectivity index (χ0n) is 8.07. The summed E-state index contributed by atoms with van der Waals surface area (Å²) in [6, 6.07) is 7.25. The van der Waals surface area contributed by atoms with E-state index >= 15 is 0 Å². The van der Waals surface area contributed by atoms with Gasteiger partial charge in [-0.05, 0) is 6.07 Å². The number of hydrogen-bond donors (Lipinski definition) is 3. The number of carboxylic acid groups (broad SMARTS) is 1. The van der Waals surface area contributed by atoms with E-state index in [1.54, 1.807) is 6.07 Å². The molecule has 2 rings (SSSR count). The molecule has 1 aromatic carbocycles. The second-order valence-corrected chi connectivity index (χ2v) is 4.00. The number of aromatic amines is 1. The molecule has 0 fully saturated rings. The molecular weight excluding hydrogens is 274 g/mol. The molecule has 4 N–H and O–H groups in total. The highest BCUT2D eigenvalue weighted by molar-refractivity contribution is 9.10. The lowest BCUT2D eigenvalue weighted by Crippen LogP contribution is -2.01. The Labute approximate surface area is 99.4 Å². The third kappa shape index (κ3) is 1.67. The van der Waals surface area contributed by atoms with Crippen molar-refractivity contribution in [2.45, 2.75) is 0 Å². The van der Waals surface area contributed by atoms with Crippen molar-refractivity contribution < 1.29 is 9.90 Å². The van der Waals surface area contributed by atoms with Crippen LogP contribution < -0.4 is 5.73 Å². The number of benzene rings is 1. The van der Waals surface area contributed by atoms with E-state index in [0.717, 1.165) is 4.47 Å². The first-order chi connectivity index (χ1) is 7.61. The highest BCUT2D eigenvalue weighted by atomic mass is 79.9. The smallest absolute Gasteiger partial charge is 0.341 e. The molecule has 1 heterocycles. The Hall–Kier alpha value is -1.82. The number of H-pyrrole nitrogens is 1. The van der Waals surface area contributed by atoms with Crippen LogP contribution in [-0.2, 0) is 0 Å². The summed E-state index contributed by atoms with van der Waals surface area (Å²) in [6.45, 7) is 0. The highest BCUT2D eigenvalue weighted by Crippen LogP contribution is 2.30. The van der Waals surface area contributed by atoms with Gasteiger partial charge < -0.3 is 10.8 Å². The second kappa shape index (κ2) is 3.97. The van der Waals surface area contributed by atoms with Gasteiger partial charge >= 0.3 is 5.97 Å². The molecule has 0 atom stereocenters. The molecule has 16 heavy (non-hydrogen) atoms. The zero-order chi connectivity index (χ0) is 11.7. The molecule has 0 spiro atoms. The van der Waals surface area contributed by atoms with Crippen molar-refractivity contribution in [2.75, 3.05) is 5.73 Å². The van der Waals surface area contributed by atoms with Crippen LogP contribution in [0, 0.1) is 0 Å². The molecule has 0 aliphatic rings. The third-order valence-electron chi connectivity index (χ3n) is 2.15. The number of anilines is 1. The number of rotatable bonds is 2. The van der Waals surface area contributed by atoms with E-state index in [1.165, 1.54) is 0 Å². The Morgan fingerprint density at radius 3 is 2.75 bits per heavy atom. The van der Waals surface area contributed by atoms with Crippen molar-refractivity contribution in [1.29, 1.82) is 0 Å². The molecule has 0 unspecified atom stereocenters.